The molecule has 186 valence electrons. The van der Waals surface area contributed by atoms with E-state index in [9.17, 15) is 0 Å². The lowest BCUT2D eigenvalue weighted by Crippen LogP contribution is -2.60. The molecule has 0 aliphatic carbocycles. The Labute approximate surface area is 205 Å². The summed E-state index contributed by atoms with van der Waals surface area (Å²) in [6.07, 6.45) is 7.68. The van der Waals surface area contributed by atoms with Crippen molar-refractivity contribution in [1.82, 2.24) is 24.6 Å². The number of nitrogens with zero attached hydrogens (tertiary/aromatic N) is 6. The standard InChI is InChI=1S/C26H34FN7O/c1-18(2)34-15-20(14-29-34)24-19(3)13-28-25(31-24)30-21-4-5-23(22(27)12-21)33-8-6-26(7-9-33)16-32(17-26)10-11-35/h4-5,12-15,18,35H,6-11,16-17H2,1-3H3,(H,28,30,31). The zero-order valence-electron chi connectivity index (χ0n) is 20.7. The molecule has 0 bridgehead atoms. The Hall–Kier alpha value is -3.04. The topological polar surface area (TPSA) is 82.3 Å². The van der Waals surface area contributed by atoms with Crippen LogP contribution in [0.25, 0.3) is 11.3 Å². The average Bonchev–Trinajstić information content (AvgIpc) is 3.31. The molecule has 1 spiro atoms. The van der Waals surface area contributed by atoms with Gasteiger partial charge in [-0.05, 0) is 62.8 Å². The van der Waals surface area contributed by atoms with Gasteiger partial charge in [-0.25, -0.2) is 14.4 Å². The zero-order valence-corrected chi connectivity index (χ0v) is 20.7. The molecule has 2 fully saturated rings. The normalized spacial score (nSPS) is 17.7. The third-order valence-corrected chi connectivity index (χ3v) is 7.28. The number of anilines is 3. The maximum atomic E-state index is 15.1. The first-order chi connectivity index (χ1) is 16.9. The van der Waals surface area contributed by atoms with Gasteiger partial charge in [0.25, 0.3) is 0 Å². The van der Waals surface area contributed by atoms with Gasteiger partial charge in [0.05, 0.1) is 24.2 Å². The number of nitrogens with one attached hydrogen (secondary N) is 1. The Morgan fingerprint density at radius 3 is 2.60 bits per heavy atom. The van der Waals surface area contributed by atoms with Gasteiger partial charge in [0, 0.05) is 62.4 Å². The Morgan fingerprint density at radius 2 is 1.94 bits per heavy atom. The number of piperidine rings is 1. The van der Waals surface area contributed by atoms with E-state index >= 15 is 4.39 Å². The van der Waals surface area contributed by atoms with Gasteiger partial charge in [-0.15, -0.1) is 0 Å². The minimum Gasteiger partial charge on any atom is -0.395 e. The molecule has 0 radical (unpaired) electrons. The summed E-state index contributed by atoms with van der Waals surface area (Å²) < 4.78 is 17.0. The lowest BCUT2D eigenvalue weighted by molar-refractivity contribution is -0.0261. The molecular weight excluding hydrogens is 445 g/mol. The number of hydrogen-bond donors (Lipinski definition) is 2. The predicted octanol–water partition coefficient (Wildman–Crippen LogP) is 4.01. The monoisotopic (exact) mass is 479 g/mol. The van der Waals surface area contributed by atoms with Gasteiger partial charge in [0.2, 0.25) is 5.95 Å². The summed E-state index contributed by atoms with van der Waals surface area (Å²) in [7, 11) is 0. The van der Waals surface area contributed by atoms with Crippen LogP contribution in [0.1, 0.15) is 38.3 Å². The number of aromatic nitrogens is 4. The molecule has 0 amide bonds. The second-order valence-electron chi connectivity index (χ2n) is 10.2. The summed E-state index contributed by atoms with van der Waals surface area (Å²) >= 11 is 0. The van der Waals surface area contributed by atoms with E-state index in [0.29, 0.717) is 22.7 Å². The number of likely N-dealkylation sites (tertiary alicyclic amines) is 1. The number of aliphatic hydroxyl groups excluding tert-OH is 1. The molecule has 0 unspecified atom stereocenters. The molecule has 9 heteroatoms. The molecular formula is C26H34FN7O. The SMILES string of the molecule is Cc1cnc(Nc2ccc(N3CCC4(CC3)CN(CCO)C4)c(F)c2)nc1-c1cnn(C(C)C)c1. The van der Waals surface area contributed by atoms with Crippen molar-refractivity contribution in [3.63, 3.8) is 0 Å². The van der Waals surface area contributed by atoms with E-state index in [-0.39, 0.29) is 18.5 Å². The predicted molar refractivity (Wildman–Crippen MR) is 135 cm³/mol. The molecule has 5 rings (SSSR count). The lowest BCUT2D eigenvalue weighted by Gasteiger charge is -2.54. The highest BCUT2D eigenvalue weighted by Crippen LogP contribution is 2.41. The van der Waals surface area contributed by atoms with Crippen LogP contribution in [0.2, 0.25) is 0 Å². The largest absolute Gasteiger partial charge is 0.395 e. The van der Waals surface area contributed by atoms with E-state index in [1.54, 1.807) is 6.20 Å². The van der Waals surface area contributed by atoms with Gasteiger partial charge in [-0.3, -0.25) is 9.58 Å². The molecule has 2 saturated heterocycles. The van der Waals surface area contributed by atoms with Gasteiger partial charge in [0.15, 0.2) is 0 Å². The Bertz CT molecular complexity index is 1180. The van der Waals surface area contributed by atoms with Gasteiger partial charge >= 0.3 is 0 Å². The maximum absolute atomic E-state index is 15.1. The second kappa shape index (κ2) is 9.54. The van der Waals surface area contributed by atoms with Crippen LogP contribution in [0.4, 0.5) is 21.7 Å². The fourth-order valence-corrected chi connectivity index (χ4v) is 5.25. The number of aryl methyl sites for hydroxylation is 1. The number of benzene rings is 1. The van der Waals surface area contributed by atoms with Gasteiger partial charge in [-0.2, -0.15) is 5.10 Å². The fraction of sp³-hybridized carbons (Fsp3) is 0.500. The molecule has 2 aliphatic heterocycles. The number of halogens is 1. The van der Waals surface area contributed by atoms with Gasteiger partial charge in [-0.1, -0.05) is 0 Å². The van der Waals surface area contributed by atoms with Crippen molar-refractivity contribution in [2.45, 2.75) is 39.7 Å². The minimum absolute atomic E-state index is 0.214. The van der Waals surface area contributed by atoms with E-state index in [2.05, 4.69) is 44.0 Å². The maximum Gasteiger partial charge on any atom is 0.227 e. The van der Waals surface area contributed by atoms with Crippen molar-refractivity contribution in [2.24, 2.45) is 5.41 Å². The molecule has 4 heterocycles. The van der Waals surface area contributed by atoms with Crippen molar-refractivity contribution in [3.05, 3.63) is 48.2 Å². The van der Waals surface area contributed by atoms with E-state index < -0.39 is 0 Å². The summed E-state index contributed by atoms with van der Waals surface area (Å²) in [5.41, 5.74) is 4.29. The van der Waals surface area contributed by atoms with Crippen molar-refractivity contribution < 1.29 is 9.50 Å². The number of aliphatic hydroxyl groups is 1. The first-order valence-corrected chi connectivity index (χ1v) is 12.4. The van der Waals surface area contributed by atoms with Crippen molar-refractivity contribution in [3.8, 4) is 11.3 Å². The number of β-amino-alcohol motifs (C(OH)–C–C–N with tert-alkyl or cyclic N) is 1. The van der Waals surface area contributed by atoms with Crippen LogP contribution < -0.4 is 10.2 Å². The summed E-state index contributed by atoms with van der Waals surface area (Å²) in [6, 6.07) is 5.52. The van der Waals surface area contributed by atoms with Crippen molar-refractivity contribution >= 4 is 17.3 Å². The first-order valence-electron chi connectivity index (χ1n) is 12.4. The van der Waals surface area contributed by atoms with Crippen LogP contribution in [0.5, 0.6) is 0 Å². The van der Waals surface area contributed by atoms with Gasteiger partial charge < -0.3 is 15.3 Å². The Morgan fingerprint density at radius 1 is 1.17 bits per heavy atom. The van der Waals surface area contributed by atoms with Crippen LogP contribution >= 0.6 is 0 Å². The van der Waals surface area contributed by atoms with Crippen LogP contribution in [-0.4, -0.2) is 69.1 Å². The minimum atomic E-state index is -0.244. The van der Waals surface area contributed by atoms with E-state index in [0.717, 1.165) is 62.4 Å². The number of hydrogen-bond acceptors (Lipinski definition) is 7. The smallest absolute Gasteiger partial charge is 0.227 e. The fourth-order valence-electron chi connectivity index (χ4n) is 5.25. The van der Waals surface area contributed by atoms with E-state index in [4.69, 9.17) is 5.11 Å². The molecule has 8 nitrogen and oxygen atoms in total. The molecule has 2 aromatic heterocycles. The highest BCUT2D eigenvalue weighted by Gasteiger charge is 2.44. The third kappa shape index (κ3) is 4.88. The summed E-state index contributed by atoms with van der Waals surface area (Å²) in [6.45, 7) is 10.9. The Kier molecular flexibility index (Phi) is 6.46. The molecule has 3 aromatic rings. The third-order valence-electron chi connectivity index (χ3n) is 7.28. The number of rotatable bonds is 7. The summed E-state index contributed by atoms with van der Waals surface area (Å²) in [5, 5.41) is 16.7. The highest BCUT2D eigenvalue weighted by molar-refractivity contribution is 5.65. The van der Waals surface area contributed by atoms with Crippen LogP contribution in [0.15, 0.2) is 36.8 Å². The van der Waals surface area contributed by atoms with E-state index in [1.165, 1.54) is 6.07 Å². The molecule has 1 aromatic carbocycles. The molecule has 0 atom stereocenters. The summed E-state index contributed by atoms with van der Waals surface area (Å²) in [4.78, 5) is 13.5. The molecule has 2 N–H and O–H groups in total. The second-order valence-corrected chi connectivity index (χ2v) is 10.2. The average molecular weight is 480 g/mol. The molecule has 2 aliphatic rings. The highest BCUT2D eigenvalue weighted by atomic mass is 19.1. The Balaban J connectivity index is 1.25. The van der Waals surface area contributed by atoms with Crippen LogP contribution in [-0.2, 0) is 0 Å². The van der Waals surface area contributed by atoms with Gasteiger partial charge in [0.1, 0.15) is 5.82 Å². The molecule has 35 heavy (non-hydrogen) atoms. The molecule has 0 saturated carbocycles. The van der Waals surface area contributed by atoms with Crippen molar-refractivity contribution in [1.29, 1.82) is 0 Å². The van der Waals surface area contributed by atoms with E-state index in [1.807, 2.05) is 36.1 Å². The first kappa shape index (κ1) is 23.7. The van der Waals surface area contributed by atoms with Crippen LogP contribution in [0.3, 0.4) is 0 Å². The summed E-state index contributed by atoms with van der Waals surface area (Å²) in [5.74, 6) is 0.180. The quantitative estimate of drug-likeness (QED) is 0.530. The van der Waals surface area contributed by atoms with Crippen molar-refractivity contribution in [2.75, 3.05) is 49.5 Å². The van der Waals surface area contributed by atoms with Crippen LogP contribution in [0, 0.1) is 18.2 Å². The zero-order chi connectivity index (χ0) is 24.6. The lowest BCUT2D eigenvalue weighted by atomic mass is 9.72.